The Morgan fingerprint density at radius 1 is 1.69 bits per heavy atom. The van der Waals surface area contributed by atoms with E-state index in [9.17, 15) is 4.79 Å². The van der Waals surface area contributed by atoms with Gasteiger partial charge < -0.3 is 10.5 Å². The zero-order valence-corrected chi connectivity index (χ0v) is 10.9. The highest BCUT2D eigenvalue weighted by molar-refractivity contribution is 9.10. The van der Waals surface area contributed by atoms with Gasteiger partial charge in [-0.2, -0.15) is 0 Å². The zero-order valence-electron chi connectivity index (χ0n) is 8.51. The lowest BCUT2D eigenvalue weighted by molar-refractivity contribution is 0.182. The normalized spacial score (nSPS) is 11.2. The second kappa shape index (κ2) is 6.49. The second-order valence-electron chi connectivity index (χ2n) is 2.55. The number of amidine groups is 1. The highest BCUT2D eigenvalue weighted by atomic mass is 79.9. The number of hydrogen-bond acceptors (Lipinski definition) is 5. The minimum atomic E-state index is -0.473. The predicted molar refractivity (Wildman–Crippen MR) is 67.8 cm³/mol. The van der Waals surface area contributed by atoms with Crippen LogP contribution in [-0.2, 0) is 4.74 Å². The summed E-state index contributed by atoms with van der Waals surface area (Å²) in [5.41, 5.74) is 5.54. The largest absolute Gasteiger partial charge is 0.458 e. The van der Waals surface area contributed by atoms with Crippen molar-refractivity contribution in [1.29, 1.82) is 0 Å². The number of aliphatic imine (C=N–C) groups is 1. The number of hydrogen-bond donors (Lipinski definition) is 1. The summed E-state index contributed by atoms with van der Waals surface area (Å²) >= 11 is 3.94. The Bertz CT molecular complexity index is 411. The summed E-state index contributed by atoms with van der Waals surface area (Å²) in [4.78, 5) is 19.1. The fourth-order valence-corrected chi connectivity index (χ4v) is 1.65. The third-order valence-electron chi connectivity index (χ3n) is 1.38. The topological polar surface area (TPSA) is 77.6 Å². The molecule has 1 heterocycles. The van der Waals surface area contributed by atoms with Crippen LogP contribution in [0.5, 0.6) is 0 Å². The molecule has 2 N–H and O–H groups in total. The number of carbonyl (C=O) groups is 1. The fourth-order valence-electron chi connectivity index (χ4n) is 0.828. The molecule has 0 aliphatic carbocycles. The lowest BCUT2D eigenvalue weighted by atomic mass is 10.5. The summed E-state index contributed by atoms with van der Waals surface area (Å²) in [6.07, 6.45) is 0. The van der Waals surface area contributed by atoms with Crippen LogP contribution in [0.3, 0.4) is 0 Å². The van der Waals surface area contributed by atoms with Crippen molar-refractivity contribution in [3.63, 3.8) is 0 Å². The average Bonchev–Trinajstić information content (AvgIpc) is 2.17. The van der Waals surface area contributed by atoms with E-state index in [1.165, 1.54) is 0 Å². The van der Waals surface area contributed by atoms with Gasteiger partial charge in [-0.3, -0.25) is 0 Å². The van der Waals surface area contributed by atoms with Gasteiger partial charge in [-0.1, -0.05) is 6.07 Å². The van der Waals surface area contributed by atoms with Crippen molar-refractivity contribution in [3.05, 3.63) is 22.8 Å². The van der Waals surface area contributed by atoms with E-state index < -0.39 is 5.30 Å². The molecule has 0 amide bonds. The number of thioether (sulfide) groups is 1. The number of pyridine rings is 1. The molecular formula is C9H10BrN3O2S. The fraction of sp³-hybridized carbons (Fsp3) is 0.222. The minimum Gasteiger partial charge on any atom is -0.458 e. The average molecular weight is 304 g/mol. The minimum absolute atomic E-state index is 0.101. The number of nitrogens with zero attached hydrogens (tertiary/aromatic N) is 2. The van der Waals surface area contributed by atoms with Crippen molar-refractivity contribution in [2.75, 3.05) is 6.61 Å². The first-order valence-corrected chi connectivity index (χ1v) is 6.04. The van der Waals surface area contributed by atoms with Gasteiger partial charge in [0.1, 0.15) is 4.60 Å². The third-order valence-corrected chi connectivity index (χ3v) is 2.40. The van der Waals surface area contributed by atoms with Gasteiger partial charge in [0.15, 0.2) is 11.0 Å². The summed E-state index contributed by atoms with van der Waals surface area (Å²) in [7, 11) is 0. The summed E-state index contributed by atoms with van der Waals surface area (Å²) < 4.78 is 5.36. The molecule has 0 spiro atoms. The van der Waals surface area contributed by atoms with Crippen LogP contribution < -0.4 is 5.73 Å². The predicted octanol–water partition coefficient (Wildman–Crippen LogP) is 2.68. The number of carbonyl (C=O) groups excluding carboxylic acids is 1. The summed E-state index contributed by atoms with van der Waals surface area (Å²) in [5, 5.41) is -0.372. The Labute approximate surface area is 106 Å². The molecule has 0 atom stereocenters. The number of rotatable bonds is 2. The molecule has 1 aromatic rings. The Hall–Kier alpha value is -1.08. The number of ether oxygens (including phenoxy) is 1. The van der Waals surface area contributed by atoms with Gasteiger partial charge in [0.05, 0.1) is 6.61 Å². The molecule has 0 aliphatic heterocycles. The molecule has 86 valence electrons. The Balaban J connectivity index is 2.66. The maximum absolute atomic E-state index is 11.1. The van der Waals surface area contributed by atoms with Gasteiger partial charge in [0.25, 0.3) is 0 Å². The summed E-state index contributed by atoms with van der Waals surface area (Å²) in [5.74, 6) is 0.434. The molecule has 0 aliphatic rings. The van der Waals surface area contributed by atoms with Gasteiger partial charge in [-0.15, -0.1) is 0 Å². The number of aromatic nitrogens is 1. The van der Waals surface area contributed by atoms with Crippen LogP contribution in [0.1, 0.15) is 6.92 Å². The smallest absolute Gasteiger partial charge is 0.375 e. The van der Waals surface area contributed by atoms with Gasteiger partial charge in [0.2, 0.25) is 0 Å². The zero-order chi connectivity index (χ0) is 12.0. The SMILES string of the molecule is CCOC(=O)SC(N)=Nc1cccc(Br)n1. The van der Waals surface area contributed by atoms with Crippen molar-refractivity contribution in [2.24, 2.45) is 10.7 Å². The van der Waals surface area contributed by atoms with E-state index in [0.29, 0.717) is 17.0 Å². The maximum Gasteiger partial charge on any atom is 0.375 e. The summed E-state index contributed by atoms with van der Waals surface area (Å²) in [6, 6.07) is 5.23. The molecule has 7 heteroatoms. The van der Waals surface area contributed by atoms with E-state index in [4.69, 9.17) is 10.5 Å². The van der Waals surface area contributed by atoms with Crippen LogP contribution in [0.15, 0.2) is 27.8 Å². The van der Waals surface area contributed by atoms with E-state index in [1.54, 1.807) is 25.1 Å². The van der Waals surface area contributed by atoms with Gasteiger partial charge in [-0.05, 0) is 35.0 Å². The molecule has 0 saturated heterocycles. The van der Waals surface area contributed by atoms with Gasteiger partial charge >= 0.3 is 5.30 Å². The van der Waals surface area contributed by atoms with Crippen molar-refractivity contribution in [2.45, 2.75) is 6.92 Å². The molecule has 0 aromatic carbocycles. The lowest BCUT2D eigenvalue weighted by Gasteiger charge is -2.00. The van der Waals surface area contributed by atoms with Crippen LogP contribution in [-0.4, -0.2) is 22.1 Å². The number of halogens is 1. The molecule has 0 fully saturated rings. The van der Waals surface area contributed by atoms with E-state index in [0.717, 1.165) is 11.8 Å². The molecule has 16 heavy (non-hydrogen) atoms. The van der Waals surface area contributed by atoms with Gasteiger partial charge in [0, 0.05) is 11.8 Å². The van der Waals surface area contributed by atoms with Crippen molar-refractivity contribution in [1.82, 2.24) is 4.98 Å². The first-order chi connectivity index (χ1) is 7.61. The Morgan fingerprint density at radius 2 is 2.44 bits per heavy atom. The highest BCUT2D eigenvalue weighted by Gasteiger charge is 2.06. The van der Waals surface area contributed by atoms with E-state index in [1.807, 2.05) is 0 Å². The highest BCUT2D eigenvalue weighted by Crippen LogP contribution is 2.15. The van der Waals surface area contributed by atoms with Crippen LogP contribution in [0.25, 0.3) is 0 Å². The van der Waals surface area contributed by atoms with Crippen LogP contribution in [0.2, 0.25) is 0 Å². The van der Waals surface area contributed by atoms with Crippen molar-refractivity contribution >= 4 is 44.0 Å². The maximum atomic E-state index is 11.1. The molecule has 0 unspecified atom stereocenters. The monoisotopic (exact) mass is 303 g/mol. The molecule has 1 rings (SSSR count). The molecule has 0 saturated carbocycles. The Kier molecular flexibility index (Phi) is 5.27. The van der Waals surface area contributed by atoms with Crippen LogP contribution in [0.4, 0.5) is 10.6 Å². The van der Waals surface area contributed by atoms with Crippen LogP contribution in [0, 0.1) is 0 Å². The molecule has 5 nitrogen and oxygen atoms in total. The third kappa shape index (κ3) is 4.63. The number of nitrogens with two attached hydrogens (primary N) is 1. The molecule has 0 radical (unpaired) electrons. The van der Waals surface area contributed by atoms with E-state index in [-0.39, 0.29) is 5.17 Å². The quantitative estimate of drug-likeness (QED) is 0.393. The van der Waals surface area contributed by atoms with Crippen molar-refractivity contribution < 1.29 is 9.53 Å². The van der Waals surface area contributed by atoms with Gasteiger partial charge in [-0.25, -0.2) is 14.8 Å². The molecule has 0 bridgehead atoms. The summed E-state index contributed by atoms with van der Waals surface area (Å²) in [6.45, 7) is 2.04. The first-order valence-electron chi connectivity index (χ1n) is 4.43. The molecular weight excluding hydrogens is 294 g/mol. The second-order valence-corrected chi connectivity index (χ2v) is 4.32. The lowest BCUT2D eigenvalue weighted by Crippen LogP contribution is -2.10. The van der Waals surface area contributed by atoms with E-state index in [2.05, 4.69) is 25.9 Å². The Morgan fingerprint density at radius 3 is 3.06 bits per heavy atom. The molecule has 1 aromatic heterocycles. The standard InChI is InChI=1S/C9H10BrN3O2S/c1-2-15-9(14)16-8(11)13-7-5-3-4-6(10)12-7/h3-5H,2H2,1H3,(H2,11,12,13). The first kappa shape index (κ1) is 13.0. The van der Waals surface area contributed by atoms with Crippen molar-refractivity contribution in [3.8, 4) is 0 Å². The van der Waals surface area contributed by atoms with Crippen LogP contribution >= 0.6 is 27.7 Å². The van der Waals surface area contributed by atoms with E-state index >= 15 is 0 Å².